The number of nitrogens with zero attached hydrogens (tertiary/aromatic N) is 1. The SMILES string of the molecule is COc1cc(NC(=O)CNc2ccccc2N(C)Cc2ccccc2)cc(OC)c1OC. The van der Waals surface area contributed by atoms with Gasteiger partial charge in [0.05, 0.1) is 39.2 Å². The summed E-state index contributed by atoms with van der Waals surface area (Å²) >= 11 is 0. The number of nitrogens with one attached hydrogen (secondary N) is 2. The number of ether oxygens (including phenoxy) is 3. The third-order valence-corrected chi connectivity index (χ3v) is 4.97. The van der Waals surface area contributed by atoms with Crippen LogP contribution in [0.2, 0.25) is 0 Å². The lowest BCUT2D eigenvalue weighted by Crippen LogP contribution is -2.23. The largest absolute Gasteiger partial charge is 0.493 e. The van der Waals surface area contributed by atoms with Crippen LogP contribution in [0.3, 0.4) is 0 Å². The third-order valence-electron chi connectivity index (χ3n) is 4.97. The van der Waals surface area contributed by atoms with Crippen LogP contribution in [0.1, 0.15) is 5.56 Å². The van der Waals surface area contributed by atoms with E-state index in [0.717, 1.165) is 17.9 Å². The third kappa shape index (κ3) is 5.63. The van der Waals surface area contributed by atoms with Crippen molar-refractivity contribution in [2.24, 2.45) is 0 Å². The van der Waals surface area contributed by atoms with E-state index in [1.54, 1.807) is 12.1 Å². The van der Waals surface area contributed by atoms with Crippen molar-refractivity contribution in [3.05, 3.63) is 72.3 Å². The molecule has 0 bridgehead atoms. The van der Waals surface area contributed by atoms with Gasteiger partial charge < -0.3 is 29.7 Å². The predicted octanol–water partition coefficient (Wildman–Crippen LogP) is 4.40. The Kier molecular flexibility index (Phi) is 7.80. The first kappa shape index (κ1) is 22.8. The van der Waals surface area contributed by atoms with Gasteiger partial charge in [0.2, 0.25) is 11.7 Å². The molecule has 168 valence electrons. The summed E-state index contributed by atoms with van der Waals surface area (Å²) < 4.78 is 16.0. The monoisotopic (exact) mass is 435 g/mol. The number of hydrogen-bond acceptors (Lipinski definition) is 6. The van der Waals surface area contributed by atoms with Gasteiger partial charge in [0.15, 0.2) is 11.5 Å². The number of methoxy groups -OCH3 is 3. The second kappa shape index (κ2) is 10.9. The van der Waals surface area contributed by atoms with Gasteiger partial charge in [0.1, 0.15) is 0 Å². The fourth-order valence-corrected chi connectivity index (χ4v) is 3.43. The zero-order chi connectivity index (χ0) is 22.9. The molecule has 0 fully saturated rings. The number of anilines is 3. The minimum absolute atomic E-state index is 0.104. The minimum Gasteiger partial charge on any atom is -0.493 e. The Labute approximate surface area is 188 Å². The molecule has 0 heterocycles. The zero-order valence-corrected chi connectivity index (χ0v) is 18.8. The Morgan fingerprint density at radius 1 is 0.875 bits per heavy atom. The molecule has 0 aliphatic carbocycles. The maximum Gasteiger partial charge on any atom is 0.243 e. The first-order valence-corrected chi connectivity index (χ1v) is 10.2. The fraction of sp³-hybridized carbons (Fsp3) is 0.240. The van der Waals surface area contributed by atoms with Crippen molar-refractivity contribution >= 4 is 23.0 Å². The van der Waals surface area contributed by atoms with Crippen molar-refractivity contribution in [3.63, 3.8) is 0 Å². The number of carbonyl (C=O) groups is 1. The molecule has 0 atom stereocenters. The van der Waals surface area contributed by atoms with E-state index in [-0.39, 0.29) is 12.5 Å². The topological polar surface area (TPSA) is 72.1 Å². The average Bonchev–Trinajstić information content (AvgIpc) is 2.82. The van der Waals surface area contributed by atoms with E-state index in [9.17, 15) is 4.79 Å². The lowest BCUT2D eigenvalue weighted by atomic mass is 10.2. The summed E-state index contributed by atoms with van der Waals surface area (Å²) in [5.74, 6) is 1.23. The molecule has 1 amide bonds. The van der Waals surface area contributed by atoms with Crippen molar-refractivity contribution < 1.29 is 19.0 Å². The molecule has 0 radical (unpaired) electrons. The maximum atomic E-state index is 12.6. The smallest absolute Gasteiger partial charge is 0.243 e. The van der Waals surface area contributed by atoms with E-state index in [1.165, 1.54) is 26.9 Å². The molecule has 7 heteroatoms. The second-order valence-electron chi connectivity index (χ2n) is 7.17. The molecular formula is C25H29N3O4. The molecule has 0 aliphatic heterocycles. The molecule has 0 unspecified atom stereocenters. The molecule has 0 aliphatic rings. The van der Waals surface area contributed by atoms with E-state index < -0.39 is 0 Å². The van der Waals surface area contributed by atoms with Gasteiger partial charge in [-0.3, -0.25) is 4.79 Å². The number of carbonyl (C=O) groups excluding carboxylic acids is 1. The van der Waals surface area contributed by atoms with Crippen LogP contribution in [-0.4, -0.2) is 40.8 Å². The Morgan fingerprint density at radius 3 is 2.12 bits per heavy atom. The first-order valence-electron chi connectivity index (χ1n) is 10.2. The van der Waals surface area contributed by atoms with Crippen molar-refractivity contribution in [3.8, 4) is 17.2 Å². The van der Waals surface area contributed by atoms with E-state index in [4.69, 9.17) is 14.2 Å². The van der Waals surface area contributed by atoms with Gasteiger partial charge in [-0.2, -0.15) is 0 Å². The van der Waals surface area contributed by atoms with Gasteiger partial charge in [-0.15, -0.1) is 0 Å². The lowest BCUT2D eigenvalue weighted by Gasteiger charge is -2.23. The van der Waals surface area contributed by atoms with Crippen LogP contribution in [0.4, 0.5) is 17.1 Å². The number of amides is 1. The van der Waals surface area contributed by atoms with Crippen LogP contribution in [0.25, 0.3) is 0 Å². The quantitative estimate of drug-likeness (QED) is 0.492. The van der Waals surface area contributed by atoms with Crippen LogP contribution < -0.4 is 29.7 Å². The van der Waals surface area contributed by atoms with E-state index in [2.05, 4.69) is 27.7 Å². The lowest BCUT2D eigenvalue weighted by molar-refractivity contribution is -0.114. The van der Waals surface area contributed by atoms with Crippen molar-refractivity contribution in [1.29, 1.82) is 0 Å². The standard InChI is InChI=1S/C25H29N3O4/c1-28(17-18-10-6-5-7-11-18)21-13-9-8-12-20(21)26-16-24(29)27-19-14-22(30-2)25(32-4)23(15-19)31-3/h5-15,26H,16-17H2,1-4H3,(H,27,29). The second-order valence-corrected chi connectivity index (χ2v) is 7.17. The minimum atomic E-state index is -0.195. The van der Waals surface area contributed by atoms with Crippen LogP contribution in [0, 0.1) is 0 Å². The summed E-state index contributed by atoms with van der Waals surface area (Å²) in [7, 11) is 6.64. The summed E-state index contributed by atoms with van der Waals surface area (Å²) in [5.41, 5.74) is 3.66. The van der Waals surface area contributed by atoms with E-state index >= 15 is 0 Å². The van der Waals surface area contributed by atoms with E-state index in [1.807, 2.05) is 49.5 Å². The van der Waals surface area contributed by atoms with Crippen LogP contribution in [-0.2, 0) is 11.3 Å². The summed E-state index contributed by atoms with van der Waals surface area (Å²) in [6.07, 6.45) is 0. The molecule has 0 aromatic heterocycles. The van der Waals surface area contributed by atoms with Gasteiger partial charge in [0.25, 0.3) is 0 Å². The Morgan fingerprint density at radius 2 is 1.50 bits per heavy atom. The fourth-order valence-electron chi connectivity index (χ4n) is 3.43. The molecular weight excluding hydrogens is 406 g/mol. The Bertz CT molecular complexity index is 1020. The van der Waals surface area contributed by atoms with Gasteiger partial charge in [-0.25, -0.2) is 0 Å². The van der Waals surface area contributed by atoms with Crippen LogP contribution in [0.5, 0.6) is 17.2 Å². The summed E-state index contributed by atoms with van der Waals surface area (Å²) in [4.78, 5) is 14.8. The molecule has 0 spiro atoms. The molecule has 32 heavy (non-hydrogen) atoms. The highest BCUT2D eigenvalue weighted by Crippen LogP contribution is 2.39. The number of para-hydroxylation sites is 2. The predicted molar refractivity (Wildman–Crippen MR) is 128 cm³/mol. The van der Waals surface area contributed by atoms with Crippen LogP contribution >= 0.6 is 0 Å². The number of hydrogen-bond donors (Lipinski definition) is 2. The molecule has 3 aromatic carbocycles. The van der Waals surface area contributed by atoms with Crippen LogP contribution in [0.15, 0.2) is 66.7 Å². The summed E-state index contributed by atoms with van der Waals surface area (Å²) in [5, 5.41) is 6.11. The van der Waals surface area contributed by atoms with Crippen molar-refractivity contribution in [2.75, 3.05) is 50.5 Å². The molecule has 3 aromatic rings. The molecule has 0 saturated heterocycles. The van der Waals surface area contributed by atoms with Crippen molar-refractivity contribution in [1.82, 2.24) is 0 Å². The average molecular weight is 436 g/mol. The summed E-state index contributed by atoms with van der Waals surface area (Å²) in [6.45, 7) is 0.865. The van der Waals surface area contributed by atoms with Gasteiger partial charge in [0, 0.05) is 31.4 Å². The Balaban J connectivity index is 1.67. The molecule has 0 saturated carbocycles. The molecule has 7 nitrogen and oxygen atoms in total. The number of rotatable bonds is 10. The maximum absolute atomic E-state index is 12.6. The van der Waals surface area contributed by atoms with Gasteiger partial charge in [-0.05, 0) is 17.7 Å². The van der Waals surface area contributed by atoms with Gasteiger partial charge >= 0.3 is 0 Å². The van der Waals surface area contributed by atoms with E-state index in [0.29, 0.717) is 22.9 Å². The van der Waals surface area contributed by atoms with Gasteiger partial charge in [-0.1, -0.05) is 42.5 Å². The molecule has 2 N–H and O–H groups in total. The highest BCUT2D eigenvalue weighted by atomic mass is 16.5. The highest BCUT2D eigenvalue weighted by molar-refractivity contribution is 5.95. The normalized spacial score (nSPS) is 10.2. The zero-order valence-electron chi connectivity index (χ0n) is 18.8. The highest BCUT2D eigenvalue weighted by Gasteiger charge is 2.15. The van der Waals surface area contributed by atoms with Crippen molar-refractivity contribution in [2.45, 2.75) is 6.54 Å². The number of benzene rings is 3. The first-order chi connectivity index (χ1) is 15.5. The molecule has 3 rings (SSSR count). The Hall–Kier alpha value is -3.87. The summed E-state index contributed by atoms with van der Waals surface area (Å²) in [6, 6.07) is 21.6.